The highest BCUT2D eigenvalue weighted by atomic mass is 32.1. The SMILES string of the molecule is c1nc(-c2ccc3n2CCNC3)cs1. The predicted octanol–water partition coefficient (Wildman–Crippen LogP) is 1.71. The summed E-state index contributed by atoms with van der Waals surface area (Å²) in [6.07, 6.45) is 0. The van der Waals surface area contributed by atoms with Gasteiger partial charge < -0.3 is 9.88 Å². The Hall–Kier alpha value is -1.13. The lowest BCUT2D eigenvalue weighted by Gasteiger charge is -2.18. The van der Waals surface area contributed by atoms with Crippen molar-refractivity contribution in [3.63, 3.8) is 0 Å². The molecule has 3 rings (SSSR count). The first-order valence-corrected chi connectivity index (χ1v) is 5.67. The zero-order chi connectivity index (χ0) is 9.38. The second kappa shape index (κ2) is 3.22. The monoisotopic (exact) mass is 205 g/mol. The number of nitrogens with zero attached hydrogens (tertiary/aromatic N) is 2. The first-order valence-electron chi connectivity index (χ1n) is 4.73. The minimum Gasteiger partial charge on any atom is -0.341 e. The van der Waals surface area contributed by atoms with E-state index >= 15 is 0 Å². The van der Waals surface area contributed by atoms with Crippen LogP contribution in [0, 0.1) is 0 Å². The number of thiazole rings is 1. The highest BCUT2D eigenvalue weighted by Crippen LogP contribution is 2.23. The molecule has 0 fully saturated rings. The largest absolute Gasteiger partial charge is 0.341 e. The van der Waals surface area contributed by atoms with Crippen LogP contribution >= 0.6 is 11.3 Å². The van der Waals surface area contributed by atoms with E-state index in [1.807, 2.05) is 5.51 Å². The van der Waals surface area contributed by atoms with Crippen molar-refractivity contribution in [3.05, 3.63) is 28.7 Å². The van der Waals surface area contributed by atoms with Gasteiger partial charge in [-0.05, 0) is 12.1 Å². The summed E-state index contributed by atoms with van der Waals surface area (Å²) in [6.45, 7) is 3.08. The molecule has 0 saturated heterocycles. The zero-order valence-corrected chi connectivity index (χ0v) is 8.55. The summed E-state index contributed by atoms with van der Waals surface area (Å²) in [5.74, 6) is 0. The van der Waals surface area contributed by atoms with Gasteiger partial charge >= 0.3 is 0 Å². The number of hydrogen-bond acceptors (Lipinski definition) is 3. The van der Waals surface area contributed by atoms with Crippen LogP contribution in [0.3, 0.4) is 0 Å². The van der Waals surface area contributed by atoms with E-state index < -0.39 is 0 Å². The van der Waals surface area contributed by atoms with E-state index in [9.17, 15) is 0 Å². The average Bonchev–Trinajstić information content (AvgIpc) is 2.85. The molecule has 3 heterocycles. The third kappa shape index (κ3) is 1.19. The summed E-state index contributed by atoms with van der Waals surface area (Å²) in [5, 5.41) is 5.46. The second-order valence-electron chi connectivity index (χ2n) is 3.41. The van der Waals surface area contributed by atoms with Crippen LogP contribution in [0.2, 0.25) is 0 Å². The molecule has 0 bridgehead atoms. The van der Waals surface area contributed by atoms with Crippen molar-refractivity contribution in [1.82, 2.24) is 14.9 Å². The van der Waals surface area contributed by atoms with Crippen LogP contribution in [0.1, 0.15) is 5.69 Å². The van der Waals surface area contributed by atoms with Gasteiger partial charge in [0.1, 0.15) is 0 Å². The van der Waals surface area contributed by atoms with Gasteiger partial charge in [-0.2, -0.15) is 0 Å². The van der Waals surface area contributed by atoms with E-state index in [4.69, 9.17) is 0 Å². The van der Waals surface area contributed by atoms with Crippen LogP contribution in [0.4, 0.5) is 0 Å². The Kier molecular flexibility index (Phi) is 1.89. The summed E-state index contributed by atoms with van der Waals surface area (Å²) < 4.78 is 2.35. The summed E-state index contributed by atoms with van der Waals surface area (Å²) in [7, 11) is 0. The van der Waals surface area contributed by atoms with Gasteiger partial charge in [-0.3, -0.25) is 0 Å². The molecule has 14 heavy (non-hydrogen) atoms. The molecule has 3 nitrogen and oxygen atoms in total. The first-order chi connectivity index (χ1) is 6.95. The molecule has 0 saturated carbocycles. The molecule has 0 unspecified atom stereocenters. The number of fused-ring (bicyclic) bond motifs is 1. The lowest BCUT2D eigenvalue weighted by Crippen LogP contribution is -2.27. The van der Waals surface area contributed by atoms with E-state index in [1.165, 1.54) is 11.4 Å². The predicted molar refractivity (Wildman–Crippen MR) is 57.2 cm³/mol. The highest BCUT2D eigenvalue weighted by Gasteiger charge is 2.13. The molecule has 2 aromatic heterocycles. The fourth-order valence-corrected chi connectivity index (χ4v) is 2.44. The molecule has 0 spiro atoms. The van der Waals surface area contributed by atoms with E-state index in [2.05, 4.69) is 32.4 Å². The van der Waals surface area contributed by atoms with Gasteiger partial charge in [-0.1, -0.05) is 0 Å². The van der Waals surface area contributed by atoms with Crippen molar-refractivity contribution >= 4 is 11.3 Å². The molecule has 1 aliphatic rings. The second-order valence-corrected chi connectivity index (χ2v) is 4.13. The van der Waals surface area contributed by atoms with Gasteiger partial charge in [-0.15, -0.1) is 11.3 Å². The summed E-state index contributed by atoms with van der Waals surface area (Å²) >= 11 is 1.65. The standard InChI is InChI=1S/C10H11N3S/c1-2-10(9-6-14-7-12-9)13-4-3-11-5-8(1)13/h1-2,6-7,11H,3-5H2. The van der Waals surface area contributed by atoms with Crippen molar-refractivity contribution in [1.29, 1.82) is 0 Å². The summed E-state index contributed by atoms with van der Waals surface area (Å²) in [6, 6.07) is 4.35. The summed E-state index contributed by atoms with van der Waals surface area (Å²) in [5.41, 5.74) is 5.60. The summed E-state index contributed by atoms with van der Waals surface area (Å²) in [4.78, 5) is 4.34. The Bertz CT molecular complexity index is 430. The van der Waals surface area contributed by atoms with Crippen LogP contribution in [-0.2, 0) is 13.1 Å². The fourth-order valence-electron chi connectivity index (χ4n) is 1.90. The lowest BCUT2D eigenvalue weighted by atomic mass is 10.3. The molecule has 4 heteroatoms. The molecule has 2 aromatic rings. The Morgan fingerprint density at radius 3 is 3.29 bits per heavy atom. The molecule has 0 amide bonds. The highest BCUT2D eigenvalue weighted by molar-refractivity contribution is 7.07. The molecule has 72 valence electrons. The number of hydrogen-bond donors (Lipinski definition) is 1. The maximum absolute atomic E-state index is 4.34. The molecule has 1 N–H and O–H groups in total. The number of aromatic nitrogens is 2. The zero-order valence-electron chi connectivity index (χ0n) is 7.73. The number of rotatable bonds is 1. The van der Waals surface area contributed by atoms with Crippen LogP contribution in [0.5, 0.6) is 0 Å². The van der Waals surface area contributed by atoms with E-state index in [0.29, 0.717) is 0 Å². The molecule has 0 aromatic carbocycles. The van der Waals surface area contributed by atoms with Crippen molar-refractivity contribution < 1.29 is 0 Å². The van der Waals surface area contributed by atoms with E-state index in [0.717, 1.165) is 25.3 Å². The third-order valence-corrected chi connectivity index (χ3v) is 3.17. The van der Waals surface area contributed by atoms with Gasteiger partial charge in [0.25, 0.3) is 0 Å². The Labute approximate surface area is 86.4 Å². The minimum absolute atomic E-state index is 0.976. The topological polar surface area (TPSA) is 29.9 Å². The van der Waals surface area contributed by atoms with Crippen LogP contribution in [0.25, 0.3) is 11.4 Å². The average molecular weight is 205 g/mol. The van der Waals surface area contributed by atoms with Gasteiger partial charge in [0, 0.05) is 30.7 Å². The maximum atomic E-state index is 4.34. The van der Waals surface area contributed by atoms with Gasteiger partial charge in [0.05, 0.1) is 16.9 Å². The van der Waals surface area contributed by atoms with Crippen molar-refractivity contribution in [2.24, 2.45) is 0 Å². The minimum atomic E-state index is 0.976. The Morgan fingerprint density at radius 2 is 2.43 bits per heavy atom. The van der Waals surface area contributed by atoms with E-state index in [-0.39, 0.29) is 0 Å². The smallest absolute Gasteiger partial charge is 0.0975 e. The van der Waals surface area contributed by atoms with Crippen LogP contribution < -0.4 is 5.32 Å². The lowest BCUT2D eigenvalue weighted by molar-refractivity contribution is 0.520. The molecular formula is C10H11N3S. The molecule has 0 atom stereocenters. The Morgan fingerprint density at radius 1 is 1.43 bits per heavy atom. The van der Waals surface area contributed by atoms with Crippen LogP contribution in [0.15, 0.2) is 23.0 Å². The fraction of sp³-hybridized carbons (Fsp3) is 0.300. The van der Waals surface area contributed by atoms with Crippen molar-refractivity contribution in [2.75, 3.05) is 6.54 Å². The number of nitrogens with one attached hydrogen (secondary N) is 1. The van der Waals surface area contributed by atoms with Gasteiger partial charge in [0.15, 0.2) is 0 Å². The molecule has 0 radical (unpaired) electrons. The Balaban J connectivity index is 2.11. The molecular weight excluding hydrogens is 194 g/mol. The van der Waals surface area contributed by atoms with E-state index in [1.54, 1.807) is 11.3 Å². The van der Waals surface area contributed by atoms with Crippen molar-refractivity contribution in [3.8, 4) is 11.4 Å². The van der Waals surface area contributed by atoms with Crippen LogP contribution in [-0.4, -0.2) is 16.1 Å². The maximum Gasteiger partial charge on any atom is 0.0975 e. The molecule has 0 aliphatic carbocycles. The third-order valence-electron chi connectivity index (χ3n) is 2.58. The van der Waals surface area contributed by atoms with Crippen molar-refractivity contribution in [2.45, 2.75) is 13.1 Å². The van der Waals surface area contributed by atoms with Gasteiger partial charge in [0.2, 0.25) is 0 Å². The quantitative estimate of drug-likeness (QED) is 0.768. The first kappa shape index (κ1) is 8.20. The molecule has 1 aliphatic heterocycles. The van der Waals surface area contributed by atoms with Gasteiger partial charge in [-0.25, -0.2) is 4.98 Å². The normalized spacial score (nSPS) is 15.4.